The summed E-state index contributed by atoms with van der Waals surface area (Å²) in [6, 6.07) is 17.5. The van der Waals surface area contributed by atoms with Gasteiger partial charge >= 0.3 is 5.63 Å². The fourth-order valence-corrected chi connectivity index (χ4v) is 6.74. The number of phenols is 1. The molecule has 1 aliphatic carbocycles. The molecule has 3 heterocycles. The van der Waals surface area contributed by atoms with Crippen LogP contribution in [0.5, 0.6) is 5.75 Å². The molecule has 0 radical (unpaired) electrons. The van der Waals surface area contributed by atoms with E-state index in [-0.39, 0.29) is 5.75 Å². The molecule has 34 heavy (non-hydrogen) atoms. The maximum atomic E-state index is 13.1. The number of hydrogen-bond acceptors (Lipinski definition) is 5. The van der Waals surface area contributed by atoms with E-state index >= 15 is 0 Å². The Kier molecular flexibility index (Phi) is 4.65. The predicted molar refractivity (Wildman–Crippen MR) is 135 cm³/mol. The largest absolute Gasteiger partial charge is 0.507 e. The highest BCUT2D eigenvalue weighted by Gasteiger charge is 2.49. The van der Waals surface area contributed by atoms with Crippen molar-refractivity contribution >= 4 is 21.9 Å². The van der Waals surface area contributed by atoms with Crippen LogP contribution in [0.2, 0.25) is 0 Å². The summed E-state index contributed by atoms with van der Waals surface area (Å²) >= 11 is 0. The van der Waals surface area contributed by atoms with Crippen LogP contribution in [0, 0.1) is 10.8 Å². The molecule has 5 heteroatoms. The monoisotopic (exact) mass is 454 g/mol. The zero-order valence-corrected chi connectivity index (χ0v) is 20.0. The van der Waals surface area contributed by atoms with Crippen molar-refractivity contribution in [3.05, 3.63) is 70.6 Å². The van der Waals surface area contributed by atoms with Crippen LogP contribution in [0.15, 0.2) is 63.8 Å². The number of aromatic hydroxyl groups is 1. The van der Waals surface area contributed by atoms with Gasteiger partial charge in [0.15, 0.2) is 0 Å². The number of fused-ring (bicyclic) bond motifs is 4. The van der Waals surface area contributed by atoms with E-state index < -0.39 is 5.63 Å². The van der Waals surface area contributed by atoms with Gasteiger partial charge in [0, 0.05) is 29.9 Å². The van der Waals surface area contributed by atoms with E-state index in [1.807, 2.05) is 48.5 Å². The second kappa shape index (κ2) is 7.41. The van der Waals surface area contributed by atoms with Crippen molar-refractivity contribution in [1.82, 2.24) is 9.88 Å². The second-order valence-corrected chi connectivity index (χ2v) is 11.4. The highest BCUT2D eigenvalue weighted by atomic mass is 16.4. The molecule has 174 valence electrons. The highest BCUT2D eigenvalue weighted by molar-refractivity contribution is 5.87. The van der Waals surface area contributed by atoms with Gasteiger partial charge in [-0.2, -0.15) is 0 Å². The maximum Gasteiger partial charge on any atom is 0.345 e. The van der Waals surface area contributed by atoms with E-state index in [0.717, 1.165) is 29.3 Å². The van der Waals surface area contributed by atoms with Gasteiger partial charge in [-0.1, -0.05) is 45.0 Å². The summed E-state index contributed by atoms with van der Waals surface area (Å²) in [7, 11) is 0. The summed E-state index contributed by atoms with van der Waals surface area (Å²) in [5, 5.41) is 12.6. The molecule has 0 amide bonds. The summed E-state index contributed by atoms with van der Waals surface area (Å²) in [4.78, 5) is 20.2. The van der Waals surface area contributed by atoms with Crippen LogP contribution < -0.4 is 5.63 Å². The molecule has 2 aliphatic rings. The van der Waals surface area contributed by atoms with Crippen LogP contribution in [0.1, 0.15) is 45.6 Å². The first-order valence-electron chi connectivity index (χ1n) is 12.1. The predicted octanol–water partition coefficient (Wildman–Crippen LogP) is 6.11. The molecular weight excluding hydrogens is 424 g/mol. The topological polar surface area (TPSA) is 66.6 Å². The Balaban J connectivity index is 1.40. The summed E-state index contributed by atoms with van der Waals surface area (Å²) in [5.74, 6) is 0.179. The molecule has 2 aromatic heterocycles. The molecule has 1 aliphatic heterocycles. The summed E-state index contributed by atoms with van der Waals surface area (Å²) < 4.78 is 5.88. The number of phenolic OH excluding ortho intramolecular Hbond substituents is 1. The molecule has 2 atom stereocenters. The van der Waals surface area contributed by atoms with Gasteiger partial charge in [-0.3, -0.25) is 4.90 Å². The molecule has 2 fully saturated rings. The van der Waals surface area contributed by atoms with Crippen LogP contribution in [-0.4, -0.2) is 27.6 Å². The SMILES string of the molecule is CC1(C)C[C@H]2C[C@](C)(CN2Cc2c(O)ccc3cc(-c4ccc5ccccc5n4)c(=O)oc23)C1. The minimum Gasteiger partial charge on any atom is -0.507 e. The number of para-hydroxylation sites is 1. The van der Waals surface area contributed by atoms with Gasteiger partial charge < -0.3 is 9.52 Å². The third-order valence-corrected chi connectivity index (χ3v) is 7.74. The summed E-state index contributed by atoms with van der Waals surface area (Å²) in [5.41, 5.74) is 3.21. The van der Waals surface area contributed by atoms with Gasteiger partial charge in [-0.15, -0.1) is 0 Å². The molecule has 4 aromatic rings. The van der Waals surface area contributed by atoms with Crippen molar-refractivity contribution in [2.75, 3.05) is 6.54 Å². The molecule has 2 aromatic carbocycles. The Hall–Kier alpha value is -3.18. The summed E-state index contributed by atoms with van der Waals surface area (Å²) in [6.45, 7) is 8.68. The standard InChI is InChI=1S/C29H30N2O3/c1-28(2)13-20-14-29(3,16-28)17-31(20)15-22-25(32)11-9-19-12-21(27(33)34-26(19)22)24-10-8-18-6-4-5-7-23(18)30-24/h4-12,20,32H,13-17H2,1-3H3/t20-,29-/m0/s1. The quantitative estimate of drug-likeness (QED) is 0.378. The van der Waals surface area contributed by atoms with Crippen molar-refractivity contribution in [2.45, 2.75) is 52.6 Å². The van der Waals surface area contributed by atoms with E-state index in [2.05, 4.69) is 30.7 Å². The van der Waals surface area contributed by atoms with E-state index in [4.69, 9.17) is 4.42 Å². The molecule has 2 bridgehead atoms. The molecule has 6 rings (SSSR count). The van der Waals surface area contributed by atoms with E-state index in [0.29, 0.717) is 45.8 Å². The Bertz CT molecular complexity index is 1490. The van der Waals surface area contributed by atoms with Crippen molar-refractivity contribution in [2.24, 2.45) is 10.8 Å². The second-order valence-electron chi connectivity index (χ2n) is 11.4. The lowest BCUT2D eigenvalue weighted by atomic mass is 9.65. The zero-order chi connectivity index (χ0) is 23.7. The Morgan fingerprint density at radius 1 is 1.06 bits per heavy atom. The third-order valence-electron chi connectivity index (χ3n) is 7.74. The first-order chi connectivity index (χ1) is 16.2. The third kappa shape index (κ3) is 3.59. The fourth-order valence-electron chi connectivity index (χ4n) is 6.74. The van der Waals surface area contributed by atoms with E-state index in [1.54, 1.807) is 6.07 Å². The van der Waals surface area contributed by atoms with E-state index in [1.165, 1.54) is 12.8 Å². The van der Waals surface area contributed by atoms with Crippen molar-refractivity contribution in [3.63, 3.8) is 0 Å². The molecule has 1 N–H and O–H groups in total. The van der Waals surface area contributed by atoms with Crippen molar-refractivity contribution < 1.29 is 9.52 Å². The van der Waals surface area contributed by atoms with Crippen LogP contribution >= 0.6 is 0 Å². The molecule has 1 saturated heterocycles. The van der Waals surface area contributed by atoms with Crippen LogP contribution in [0.4, 0.5) is 0 Å². The van der Waals surface area contributed by atoms with Crippen LogP contribution in [-0.2, 0) is 6.54 Å². The average molecular weight is 455 g/mol. The van der Waals surface area contributed by atoms with Crippen molar-refractivity contribution in [3.8, 4) is 17.0 Å². The lowest BCUT2D eigenvalue weighted by molar-refractivity contribution is 0.126. The van der Waals surface area contributed by atoms with Crippen molar-refractivity contribution in [1.29, 1.82) is 0 Å². The number of aromatic nitrogens is 1. The first kappa shape index (κ1) is 21.4. The molecule has 1 saturated carbocycles. The average Bonchev–Trinajstić information content (AvgIpc) is 3.02. The number of pyridine rings is 1. The number of rotatable bonds is 3. The number of hydrogen-bond donors (Lipinski definition) is 1. The zero-order valence-electron chi connectivity index (χ0n) is 20.0. The molecule has 0 spiro atoms. The number of benzene rings is 2. The van der Waals surface area contributed by atoms with Crippen LogP contribution in [0.25, 0.3) is 33.1 Å². The highest BCUT2D eigenvalue weighted by Crippen LogP contribution is 2.53. The minimum absolute atomic E-state index is 0.179. The van der Waals surface area contributed by atoms with Gasteiger partial charge in [-0.05, 0) is 60.4 Å². The van der Waals surface area contributed by atoms with Gasteiger partial charge in [0.1, 0.15) is 11.3 Å². The molecule has 5 nitrogen and oxygen atoms in total. The summed E-state index contributed by atoms with van der Waals surface area (Å²) in [6.07, 6.45) is 3.55. The molecular formula is C29H30N2O3. The Morgan fingerprint density at radius 3 is 2.71 bits per heavy atom. The fraction of sp³-hybridized carbons (Fsp3) is 0.379. The molecule has 0 unspecified atom stereocenters. The van der Waals surface area contributed by atoms with Gasteiger partial charge in [-0.25, -0.2) is 9.78 Å². The van der Waals surface area contributed by atoms with Gasteiger partial charge in [0.25, 0.3) is 0 Å². The van der Waals surface area contributed by atoms with Gasteiger partial charge in [0.05, 0.1) is 22.3 Å². The first-order valence-corrected chi connectivity index (χ1v) is 12.1. The number of likely N-dealkylation sites (tertiary alicyclic amines) is 1. The van der Waals surface area contributed by atoms with Gasteiger partial charge in [0.2, 0.25) is 0 Å². The number of nitrogens with zero attached hydrogens (tertiary/aromatic N) is 2. The lowest BCUT2D eigenvalue weighted by Gasteiger charge is -2.40. The smallest absolute Gasteiger partial charge is 0.345 e. The van der Waals surface area contributed by atoms with Crippen LogP contribution in [0.3, 0.4) is 0 Å². The lowest BCUT2D eigenvalue weighted by Crippen LogP contribution is -2.34. The minimum atomic E-state index is -0.435. The normalized spacial score (nSPS) is 24.1. The van der Waals surface area contributed by atoms with E-state index in [9.17, 15) is 9.90 Å². The Morgan fingerprint density at radius 2 is 1.85 bits per heavy atom. The maximum absolute atomic E-state index is 13.1. The Labute approximate surface area is 199 Å².